The standard InChI is InChI=1S/C19H23NO.C10H13NO2.C9H8O4.C8H10N4O2.ClH/c1-16(19(21)18-13-7-4-8-14-18)20(2)15-9-12-17-10-5-3-6-11-17;1-3-13-10-6-4-9(5-7-10)11-8(2)12;1-6(10)13-8-5-3-2-4-7(8)9(11)12;1-10-4-9-6-5(10)7(13)12(3)8(14)11(6)2;/h3-14,16,19,21H,15H2,1-2H3;4-7H,3H2,1-2H3,(H,11,12);2-5H,1H3,(H,11,12);4H,1-3H3;1H. The van der Waals surface area contributed by atoms with Gasteiger partial charge in [-0.3, -0.25) is 28.4 Å². The Balaban J connectivity index is 0.000000290. The molecule has 2 aromatic heterocycles. The molecule has 0 fully saturated rings. The number of rotatable bonds is 11. The van der Waals surface area contributed by atoms with E-state index in [0.29, 0.717) is 17.8 Å². The summed E-state index contributed by atoms with van der Waals surface area (Å²) in [6.45, 7) is 8.14. The van der Waals surface area contributed by atoms with Gasteiger partial charge in [-0.05, 0) is 68.4 Å². The predicted molar refractivity (Wildman–Crippen MR) is 244 cm³/mol. The number of carboxylic acids is 1. The van der Waals surface area contributed by atoms with Crippen LogP contribution in [0.5, 0.6) is 11.5 Å². The average Bonchev–Trinajstić information content (AvgIpc) is 3.64. The fourth-order valence-electron chi connectivity index (χ4n) is 5.62. The highest BCUT2D eigenvalue weighted by atomic mass is 35.5. The molecule has 15 nitrogen and oxygen atoms in total. The lowest BCUT2D eigenvalue weighted by molar-refractivity contribution is -0.131. The minimum Gasteiger partial charge on any atom is -0.494 e. The van der Waals surface area contributed by atoms with Gasteiger partial charge in [0, 0.05) is 53.3 Å². The molecule has 4 aromatic carbocycles. The van der Waals surface area contributed by atoms with Crippen molar-refractivity contribution < 1.29 is 34.1 Å². The summed E-state index contributed by atoms with van der Waals surface area (Å²) in [5, 5.41) is 21.8. The Morgan fingerprint density at radius 1 is 0.855 bits per heavy atom. The number of carboxylic acid groups (broad SMARTS) is 1. The summed E-state index contributed by atoms with van der Waals surface area (Å²) in [7, 11) is 6.81. The molecule has 62 heavy (non-hydrogen) atoms. The predicted octanol–water partition coefficient (Wildman–Crippen LogP) is 6.50. The van der Waals surface area contributed by atoms with Crippen molar-refractivity contribution in [2.75, 3.05) is 25.5 Å². The molecule has 0 bridgehead atoms. The monoisotopic (exact) mass is 870 g/mol. The van der Waals surface area contributed by atoms with Gasteiger partial charge < -0.3 is 29.6 Å². The molecule has 6 aromatic rings. The van der Waals surface area contributed by atoms with Gasteiger partial charge in [0.2, 0.25) is 5.91 Å². The molecule has 1 amide bonds. The minimum absolute atomic E-state index is 0. The number of carbonyl (C=O) groups excluding carboxylic acids is 2. The molecule has 330 valence electrons. The van der Waals surface area contributed by atoms with Crippen molar-refractivity contribution in [1.29, 1.82) is 0 Å². The van der Waals surface area contributed by atoms with Crippen LogP contribution in [0.4, 0.5) is 5.69 Å². The van der Waals surface area contributed by atoms with Crippen molar-refractivity contribution in [3.63, 3.8) is 0 Å². The van der Waals surface area contributed by atoms with Gasteiger partial charge in [0.25, 0.3) is 5.56 Å². The second-order valence-electron chi connectivity index (χ2n) is 13.6. The summed E-state index contributed by atoms with van der Waals surface area (Å²) in [5.41, 5.74) is 3.11. The average molecular weight is 871 g/mol. The zero-order valence-corrected chi connectivity index (χ0v) is 36.9. The number of halogens is 1. The van der Waals surface area contributed by atoms with E-state index in [2.05, 4.69) is 44.2 Å². The van der Waals surface area contributed by atoms with Gasteiger partial charge in [-0.2, -0.15) is 0 Å². The topological polar surface area (TPSA) is 187 Å². The van der Waals surface area contributed by atoms with Crippen molar-refractivity contribution in [2.45, 2.75) is 39.8 Å². The van der Waals surface area contributed by atoms with E-state index in [1.165, 1.54) is 49.5 Å². The quantitative estimate of drug-likeness (QED) is 0.0953. The molecule has 2 unspecified atom stereocenters. The van der Waals surface area contributed by atoms with Crippen LogP contribution in [0.15, 0.2) is 131 Å². The number of carbonyl (C=O) groups is 3. The number of aromatic carboxylic acids is 1. The second kappa shape index (κ2) is 25.7. The molecule has 2 atom stereocenters. The number of aryl methyl sites for hydroxylation is 2. The molecule has 2 heterocycles. The summed E-state index contributed by atoms with van der Waals surface area (Å²) in [4.78, 5) is 61.2. The van der Waals surface area contributed by atoms with Crippen LogP contribution in [0.25, 0.3) is 17.2 Å². The number of nitrogens with zero attached hydrogens (tertiary/aromatic N) is 5. The fraction of sp³-hybridized carbons (Fsp3) is 0.261. The van der Waals surface area contributed by atoms with Gasteiger partial charge in [-0.15, -0.1) is 12.4 Å². The number of para-hydroxylation sites is 1. The number of fused-ring (bicyclic) bond motifs is 1. The summed E-state index contributed by atoms with van der Waals surface area (Å²) in [5.74, 6) is -0.825. The molecule has 0 saturated carbocycles. The third-order valence-electron chi connectivity index (χ3n) is 8.97. The molecule has 0 radical (unpaired) electrons. The highest BCUT2D eigenvalue weighted by Crippen LogP contribution is 2.20. The summed E-state index contributed by atoms with van der Waals surface area (Å²) < 4.78 is 14.0. The summed E-state index contributed by atoms with van der Waals surface area (Å²) >= 11 is 0. The van der Waals surface area contributed by atoms with Crippen LogP contribution < -0.4 is 26.0 Å². The molecule has 16 heteroatoms. The lowest BCUT2D eigenvalue weighted by Gasteiger charge is -2.28. The van der Waals surface area contributed by atoms with E-state index in [0.717, 1.165) is 28.1 Å². The zero-order chi connectivity index (χ0) is 45.1. The number of esters is 1. The van der Waals surface area contributed by atoms with E-state index in [-0.39, 0.29) is 46.9 Å². The Labute approximate surface area is 366 Å². The number of aliphatic hydroxyl groups is 1. The van der Waals surface area contributed by atoms with E-state index in [4.69, 9.17) is 9.84 Å². The third-order valence-corrected chi connectivity index (χ3v) is 8.97. The van der Waals surface area contributed by atoms with Crippen molar-refractivity contribution in [1.82, 2.24) is 23.6 Å². The number of aliphatic hydroxyl groups excluding tert-OH is 1. The maximum absolute atomic E-state index is 11.7. The number of hydrogen-bond donors (Lipinski definition) is 3. The normalized spacial score (nSPS) is 11.3. The number of imidazole rings is 1. The van der Waals surface area contributed by atoms with Crippen LogP contribution in [0, 0.1) is 0 Å². The van der Waals surface area contributed by atoms with Gasteiger partial charge in [-0.1, -0.05) is 84.9 Å². The third kappa shape index (κ3) is 15.7. The first-order chi connectivity index (χ1) is 29.0. The summed E-state index contributed by atoms with van der Waals surface area (Å²) in [6, 6.07) is 33.4. The van der Waals surface area contributed by atoms with Crippen LogP contribution in [0.1, 0.15) is 55.3 Å². The Kier molecular flexibility index (Phi) is 21.3. The van der Waals surface area contributed by atoms with E-state index < -0.39 is 18.0 Å². The Morgan fingerprint density at radius 2 is 1.44 bits per heavy atom. The van der Waals surface area contributed by atoms with Crippen molar-refractivity contribution in [3.05, 3.63) is 159 Å². The van der Waals surface area contributed by atoms with Gasteiger partial charge in [0.15, 0.2) is 11.2 Å². The molecule has 3 N–H and O–H groups in total. The number of ether oxygens (including phenoxy) is 2. The largest absolute Gasteiger partial charge is 0.494 e. The number of benzene rings is 4. The number of hydrogen-bond acceptors (Lipinski definition) is 10. The SMILES string of the molecule is CC(=O)Oc1ccccc1C(=O)O.CC(C(O)c1ccccc1)N(C)CC=Cc1ccccc1.CCOc1ccc(NC(C)=O)cc1.Cl.Cn1c(=O)c2c(ncn2C)n(C)c1=O. The van der Waals surface area contributed by atoms with Crippen LogP contribution in [-0.4, -0.2) is 77.9 Å². The Hall–Kier alpha value is -6.81. The molecule has 6 rings (SSSR count). The zero-order valence-electron chi connectivity index (χ0n) is 36.1. The second-order valence-corrected chi connectivity index (χ2v) is 13.6. The first kappa shape index (κ1) is 51.3. The van der Waals surface area contributed by atoms with Gasteiger partial charge in [0.1, 0.15) is 17.1 Å². The van der Waals surface area contributed by atoms with Gasteiger partial charge in [0.05, 0.1) is 19.0 Å². The first-order valence-electron chi connectivity index (χ1n) is 19.3. The lowest BCUT2D eigenvalue weighted by Crippen LogP contribution is -2.37. The van der Waals surface area contributed by atoms with Gasteiger partial charge >= 0.3 is 17.6 Å². The van der Waals surface area contributed by atoms with E-state index in [1.807, 2.05) is 93.7 Å². The van der Waals surface area contributed by atoms with E-state index in [1.54, 1.807) is 30.8 Å². The van der Waals surface area contributed by atoms with Crippen LogP contribution in [0.2, 0.25) is 0 Å². The van der Waals surface area contributed by atoms with Crippen molar-refractivity contribution >= 4 is 53.2 Å². The molecule has 0 spiro atoms. The smallest absolute Gasteiger partial charge is 0.339 e. The fourth-order valence-corrected chi connectivity index (χ4v) is 5.62. The van der Waals surface area contributed by atoms with E-state index in [9.17, 15) is 29.1 Å². The van der Waals surface area contributed by atoms with Crippen LogP contribution in [-0.2, 0) is 30.7 Å². The van der Waals surface area contributed by atoms with Crippen molar-refractivity contribution in [2.24, 2.45) is 21.1 Å². The molecule has 0 saturated heterocycles. The van der Waals surface area contributed by atoms with Crippen LogP contribution in [0.3, 0.4) is 0 Å². The van der Waals surface area contributed by atoms with E-state index >= 15 is 0 Å². The summed E-state index contributed by atoms with van der Waals surface area (Å²) in [6.07, 6.45) is 5.29. The number of nitrogens with one attached hydrogen (secondary N) is 1. The molecule has 0 aliphatic heterocycles. The number of amides is 1. The molecule has 0 aliphatic rings. The molecular formula is C46H55ClN6O9. The number of likely N-dealkylation sites (N-methyl/N-ethyl adjacent to an activating group) is 1. The molecular weight excluding hydrogens is 816 g/mol. The number of anilines is 1. The maximum atomic E-state index is 11.7. The minimum atomic E-state index is -1.11. The van der Waals surface area contributed by atoms with Gasteiger partial charge in [-0.25, -0.2) is 14.6 Å². The number of aromatic nitrogens is 4. The molecule has 0 aliphatic carbocycles. The van der Waals surface area contributed by atoms with Crippen LogP contribution >= 0.6 is 12.4 Å². The maximum Gasteiger partial charge on any atom is 0.339 e. The highest BCUT2D eigenvalue weighted by Gasteiger charge is 2.19. The lowest BCUT2D eigenvalue weighted by atomic mass is 10.0. The first-order valence-corrected chi connectivity index (χ1v) is 19.3. The Morgan fingerprint density at radius 3 is 2.00 bits per heavy atom. The highest BCUT2D eigenvalue weighted by molar-refractivity contribution is 5.91. The Bertz CT molecular complexity index is 2490. The van der Waals surface area contributed by atoms with Crippen molar-refractivity contribution in [3.8, 4) is 11.5 Å².